The lowest BCUT2D eigenvalue weighted by Crippen LogP contribution is -2.48. The van der Waals surface area contributed by atoms with Crippen molar-refractivity contribution in [1.29, 1.82) is 0 Å². The first-order valence-corrected chi connectivity index (χ1v) is 27.7. The number of rotatable bonds is 21. The lowest BCUT2D eigenvalue weighted by molar-refractivity contribution is -0.385. The Balaban J connectivity index is 0.000000223. The smallest absolute Gasteiger partial charge is 0.481 e. The SMILES string of the molecule is CCOC(=O)N1c2ccccc2C=CC1OCC.FC(F)(F)Oc1cccc(CN2CCNCC2)c1.O=C(CCCC(=O)N1CCN(Cc2cccc(OC(F)(F)F)c2)CC1)c1ccc([N+](=O)[O-])cc1.O=C(O)CCCC(=O)c1ccc([N+](=O)[O-])cc1. The topological polar surface area (TPSA) is 254 Å². The molecule has 2 saturated heterocycles. The van der Waals surface area contributed by atoms with Crippen molar-refractivity contribution in [3.63, 3.8) is 0 Å². The maximum Gasteiger partial charge on any atom is 0.573 e. The summed E-state index contributed by atoms with van der Waals surface area (Å²) in [5, 5.41) is 32.7. The van der Waals surface area contributed by atoms with Crippen molar-refractivity contribution in [1.82, 2.24) is 20.0 Å². The van der Waals surface area contributed by atoms with E-state index < -0.39 is 34.8 Å². The number of halogens is 6. The number of ether oxygens (including phenoxy) is 4. The number of hydrogen-bond donors (Lipinski definition) is 2. The van der Waals surface area contributed by atoms with Crippen molar-refractivity contribution in [3.05, 3.63) is 175 Å². The number of ketones is 2. The fourth-order valence-corrected chi connectivity index (χ4v) is 8.96. The highest BCUT2D eigenvalue weighted by molar-refractivity contribution is 5.97. The van der Waals surface area contributed by atoms with Crippen molar-refractivity contribution in [3.8, 4) is 11.5 Å². The number of nitro groups is 2. The number of Topliss-reactive ketones (excluding diaryl/α,β-unsaturated/α-hetero) is 2. The van der Waals surface area contributed by atoms with Crippen LogP contribution in [0.5, 0.6) is 11.5 Å². The molecule has 2 N–H and O–H groups in total. The summed E-state index contributed by atoms with van der Waals surface area (Å²) >= 11 is 0. The summed E-state index contributed by atoms with van der Waals surface area (Å²) in [6, 6.07) is 30.3. The fraction of sp³-hybridized carbons (Fsp3) is 0.383. The molecule has 5 aromatic rings. The zero-order valence-electron chi connectivity index (χ0n) is 47.7. The van der Waals surface area contributed by atoms with E-state index in [0.29, 0.717) is 75.6 Å². The van der Waals surface area contributed by atoms with E-state index in [1.807, 2.05) is 49.4 Å². The summed E-state index contributed by atoms with van der Waals surface area (Å²) in [7, 11) is 0. The van der Waals surface area contributed by atoms with Gasteiger partial charge in [0.05, 0.1) is 22.1 Å². The summed E-state index contributed by atoms with van der Waals surface area (Å²) in [6.45, 7) is 11.5. The molecular formula is C60H67F6N7O14. The van der Waals surface area contributed by atoms with E-state index in [0.717, 1.165) is 43.0 Å². The molecule has 21 nitrogen and oxygen atoms in total. The zero-order valence-corrected chi connectivity index (χ0v) is 47.7. The standard InChI is InChI=1S/C23H24F3N3O5.C14H17NO3.C12H15F3N2O.C11H11NO5/c24-23(25,26)34-20-4-1-3-17(15-20)16-27-11-13-28(14-12-27)22(31)6-2-5-21(30)18-7-9-19(10-8-18)29(32)33;1-3-17-13-10-9-11-7-5-6-8-12(11)15(13)14(16)18-4-2;13-12(14,15)18-11-3-1-2-10(8-11)9-17-6-4-16-5-7-17;13-10(2-1-3-11(14)15)8-4-6-9(7-5-8)12(16)17/h1,3-4,7-10,15H,2,5-6,11-14,16H2;5-10,13H,3-4H2,1-2H3;1-3,8,16H,4-7,9H2;4-7H,1-3H2,(H,14,15). The first kappa shape index (κ1) is 69.0. The summed E-state index contributed by atoms with van der Waals surface area (Å²) in [5.41, 5.74) is 3.89. The molecule has 3 aliphatic heterocycles. The van der Waals surface area contributed by atoms with E-state index in [-0.39, 0.29) is 78.5 Å². The monoisotopic (exact) mass is 1220 g/mol. The van der Waals surface area contributed by atoms with Crippen LogP contribution in [-0.4, -0.2) is 144 Å². The number of carboxylic acid groups (broad SMARTS) is 1. The zero-order chi connectivity index (χ0) is 63.5. The Morgan fingerprint density at radius 1 is 0.609 bits per heavy atom. The number of para-hydroxylation sites is 1. The molecule has 1 unspecified atom stereocenters. The van der Waals surface area contributed by atoms with Crippen molar-refractivity contribution in [2.75, 3.05) is 70.5 Å². The minimum atomic E-state index is -4.74. The molecule has 0 aromatic heterocycles. The first-order chi connectivity index (χ1) is 41.4. The predicted molar refractivity (Wildman–Crippen MR) is 307 cm³/mol. The van der Waals surface area contributed by atoms with Crippen LogP contribution in [-0.2, 0) is 32.2 Å². The van der Waals surface area contributed by atoms with Crippen LogP contribution in [0.25, 0.3) is 6.08 Å². The molecule has 0 radical (unpaired) electrons. The van der Waals surface area contributed by atoms with E-state index in [9.17, 15) is 70.5 Å². The van der Waals surface area contributed by atoms with Gasteiger partial charge in [0.2, 0.25) is 5.91 Å². The Morgan fingerprint density at radius 2 is 1.09 bits per heavy atom. The van der Waals surface area contributed by atoms with Crippen LogP contribution >= 0.6 is 0 Å². The Labute approximate surface area is 497 Å². The van der Waals surface area contributed by atoms with E-state index in [1.165, 1.54) is 78.9 Å². The number of carbonyl (C=O) groups is 5. The molecule has 1 atom stereocenters. The van der Waals surface area contributed by atoms with Crippen LogP contribution in [0.15, 0.2) is 127 Å². The van der Waals surface area contributed by atoms with Gasteiger partial charge >= 0.3 is 24.8 Å². The maximum atomic E-state index is 12.5. The third-order valence-electron chi connectivity index (χ3n) is 13.1. The Morgan fingerprint density at radius 3 is 1.55 bits per heavy atom. The maximum absolute atomic E-state index is 12.5. The van der Waals surface area contributed by atoms with E-state index in [2.05, 4.69) is 24.6 Å². The predicted octanol–water partition coefficient (Wildman–Crippen LogP) is 11.3. The average molecular weight is 1220 g/mol. The number of non-ortho nitro benzene ring substituents is 2. The summed E-state index contributed by atoms with van der Waals surface area (Å²) in [4.78, 5) is 86.0. The molecule has 0 saturated carbocycles. The summed E-state index contributed by atoms with van der Waals surface area (Å²) in [6.07, 6.45) is -5.22. The molecule has 27 heteroatoms. The van der Waals surface area contributed by atoms with Crippen LogP contribution in [0.2, 0.25) is 0 Å². The number of fused-ring (bicyclic) bond motifs is 1. The quantitative estimate of drug-likeness (QED) is 0.0300. The number of alkyl halides is 6. The molecule has 87 heavy (non-hydrogen) atoms. The van der Waals surface area contributed by atoms with Crippen LogP contribution in [0.4, 0.5) is 48.2 Å². The molecular weight excluding hydrogens is 1160 g/mol. The van der Waals surface area contributed by atoms with Crippen molar-refractivity contribution in [2.24, 2.45) is 0 Å². The third-order valence-corrected chi connectivity index (χ3v) is 13.1. The number of amides is 2. The number of carbonyl (C=O) groups excluding carboxylic acids is 4. The number of hydrogen-bond acceptors (Lipinski definition) is 16. The van der Waals surface area contributed by atoms with E-state index >= 15 is 0 Å². The van der Waals surface area contributed by atoms with Gasteiger partial charge in [-0.2, -0.15) is 0 Å². The van der Waals surface area contributed by atoms with Crippen LogP contribution in [0.1, 0.15) is 89.8 Å². The number of nitrogens with zero attached hydrogens (tertiary/aromatic N) is 6. The highest BCUT2D eigenvalue weighted by Gasteiger charge is 2.33. The molecule has 8 rings (SSSR count). The lowest BCUT2D eigenvalue weighted by Gasteiger charge is -2.35. The summed E-state index contributed by atoms with van der Waals surface area (Å²) in [5.74, 6) is -1.80. The van der Waals surface area contributed by atoms with Gasteiger partial charge in [0.25, 0.3) is 11.4 Å². The second-order valence-corrected chi connectivity index (χ2v) is 19.5. The normalized spacial score (nSPS) is 14.9. The molecule has 0 aliphatic carbocycles. The van der Waals surface area contributed by atoms with E-state index in [4.69, 9.17) is 14.6 Å². The molecule has 2 fully saturated rings. The molecule has 5 aromatic carbocycles. The van der Waals surface area contributed by atoms with Gasteiger partial charge in [0.1, 0.15) is 11.5 Å². The van der Waals surface area contributed by atoms with Gasteiger partial charge in [-0.05, 0) is 104 Å². The number of aliphatic carboxylic acids is 1. The lowest BCUT2D eigenvalue weighted by atomic mass is 10.0. The molecule has 2 amide bonds. The van der Waals surface area contributed by atoms with Crippen LogP contribution in [0.3, 0.4) is 0 Å². The highest BCUT2D eigenvalue weighted by atomic mass is 19.4. The fourth-order valence-electron chi connectivity index (χ4n) is 8.96. The number of nitrogens with one attached hydrogen (secondary N) is 1. The van der Waals surface area contributed by atoms with Crippen LogP contribution < -0.4 is 19.7 Å². The average Bonchev–Trinajstić information content (AvgIpc) is 1.35. The van der Waals surface area contributed by atoms with Gasteiger partial charge < -0.3 is 34.3 Å². The number of piperazine rings is 2. The number of benzene rings is 5. The van der Waals surface area contributed by atoms with Crippen molar-refractivity contribution >= 4 is 52.7 Å². The summed E-state index contributed by atoms with van der Waals surface area (Å²) < 4.78 is 92.0. The van der Waals surface area contributed by atoms with Gasteiger partial charge in [0.15, 0.2) is 17.8 Å². The second-order valence-electron chi connectivity index (χ2n) is 19.5. The third kappa shape index (κ3) is 24.6. The Hall–Kier alpha value is -8.79. The first-order valence-electron chi connectivity index (χ1n) is 27.7. The highest BCUT2D eigenvalue weighted by Crippen LogP contribution is 2.31. The van der Waals surface area contributed by atoms with Crippen molar-refractivity contribution < 1.29 is 84.2 Å². The van der Waals surface area contributed by atoms with E-state index in [1.54, 1.807) is 28.9 Å². The number of anilines is 1. The van der Waals surface area contributed by atoms with Gasteiger partial charge in [0, 0.05) is 133 Å². The van der Waals surface area contributed by atoms with Crippen molar-refractivity contribution in [2.45, 2.75) is 84.4 Å². The van der Waals surface area contributed by atoms with Gasteiger partial charge in [-0.15, -0.1) is 26.3 Å². The molecule has 0 spiro atoms. The number of nitro benzene ring substituents is 2. The van der Waals surface area contributed by atoms with Gasteiger partial charge in [-0.3, -0.25) is 49.2 Å². The Bertz CT molecular complexity index is 3100. The minimum absolute atomic E-state index is 0.0568. The van der Waals surface area contributed by atoms with Gasteiger partial charge in [-0.1, -0.05) is 48.5 Å². The van der Waals surface area contributed by atoms with Gasteiger partial charge in [-0.25, -0.2) is 9.69 Å². The molecule has 3 heterocycles. The number of carboxylic acids is 1. The van der Waals surface area contributed by atoms with Crippen LogP contribution in [0, 0.1) is 20.2 Å². The Kier molecular flexibility index (Phi) is 27.3. The molecule has 3 aliphatic rings. The molecule has 468 valence electrons. The largest absolute Gasteiger partial charge is 0.573 e. The molecule has 0 bridgehead atoms. The second kappa shape index (κ2) is 34.4. The minimum Gasteiger partial charge on any atom is -0.481 e.